The molecule has 8 heteroatoms. The van der Waals surface area contributed by atoms with Crippen LogP contribution in [-0.4, -0.2) is 14.3 Å². The molecule has 0 saturated carbocycles. The number of amides is 1. The topological polar surface area (TPSA) is 72.5 Å². The van der Waals surface area contributed by atoms with Crippen LogP contribution in [0.2, 0.25) is 0 Å². The van der Waals surface area contributed by atoms with Crippen LogP contribution < -0.4 is 9.50 Å². The molecule has 0 saturated heterocycles. The zero-order chi connectivity index (χ0) is 16.3. The molecule has 0 aliphatic heterocycles. The van der Waals surface area contributed by atoms with E-state index < -0.39 is 32.6 Å². The first kappa shape index (κ1) is 15.9. The van der Waals surface area contributed by atoms with Gasteiger partial charge < -0.3 is 9.50 Å². The van der Waals surface area contributed by atoms with E-state index in [9.17, 15) is 22.0 Å². The van der Waals surface area contributed by atoms with Crippen LogP contribution in [0.25, 0.3) is 0 Å². The molecular formula is C14H11F2NO4S. The summed E-state index contributed by atoms with van der Waals surface area (Å²) in [5.74, 6) is -3.03. The Hall–Kier alpha value is -2.48. The van der Waals surface area contributed by atoms with E-state index >= 15 is 0 Å². The fraction of sp³-hybridized carbons (Fsp3) is 0.0714. The Kier molecular flexibility index (Phi) is 4.41. The van der Waals surface area contributed by atoms with Gasteiger partial charge in [-0.1, -0.05) is 12.1 Å². The lowest BCUT2D eigenvalue weighted by atomic mass is 10.3. The van der Waals surface area contributed by atoms with Crippen molar-refractivity contribution in [2.24, 2.45) is 0 Å². The quantitative estimate of drug-likeness (QED) is 0.876. The van der Waals surface area contributed by atoms with E-state index in [1.807, 2.05) is 0 Å². The normalized spacial score (nSPS) is 11.0. The largest absolute Gasteiger partial charge is 0.377 e. The Labute approximate surface area is 125 Å². The lowest BCUT2D eigenvalue weighted by Crippen LogP contribution is -2.13. The minimum absolute atomic E-state index is 0.137. The van der Waals surface area contributed by atoms with Crippen molar-refractivity contribution in [3.8, 4) is 5.75 Å². The molecule has 2 aromatic carbocycles. The van der Waals surface area contributed by atoms with Gasteiger partial charge in [0.15, 0.2) is 17.4 Å². The number of rotatable bonds is 4. The number of carbonyl (C=O) groups is 1. The highest BCUT2D eigenvalue weighted by molar-refractivity contribution is 7.87. The minimum atomic E-state index is -4.37. The second-order valence-electron chi connectivity index (χ2n) is 4.29. The van der Waals surface area contributed by atoms with Crippen LogP contribution in [0.4, 0.5) is 14.5 Å². The van der Waals surface area contributed by atoms with Crippen molar-refractivity contribution in [1.29, 1.82) is 0 Å². The van der Waals surface area contributed by atoms with Gasteiger partial charge in [-0.25, -0.2) is 8.78 Å². The van der Waals surface area contributed by atoms with Crippen LogP contribution in [0.5, 0.6) is 5.75 Å². The summed E-state index contributed by atoms with van der Waals surface area (Å²) in [6.07, 6.45) is 0. The molecule has 0 unspecified atom stereocenters. The third-order valence-corrected chi connectivity index (χ3v) is 3.81. The number of halogens is 2. The highest BCUT2D eigenvalue weighted by Gasteiger charge is 2.20. The Bertz CT molecular complexity index is 821. The van der Waals surface area contributed by atoms with Gasteiger partial charge in [0.2, 0.25) is 5.91 Å². The van der Waals surface area contributed by atoms with Gasteiger partial charge in [-0.2, -0.15) is 8.42 Å². The SMILES string of the molecule is CC(=O)Nc1ccccc1OS(=O)(=O)c1ccc(F)c(F)c1. The maximum atomic E-state index is 13.1. The fourth-order valence-electron chi connectivity index (χ4n) is 1.63. The van der Waals surface area contributed by atoms with Gasteiger partial charge in [-0.05, 0) is 30.3 Å². The maximum Gasteiger partial charge on any atom is 0.339 e. The van der Waals surface area contributed by atoms with Crippen LogP contribution in [0.15, 0.2) is 47.4 Å². The lowest BCUT2D eigenvalue weighted by Gasteiger charge is -2.11. The molecule has 5 nitrogen and oxygen atoms in total. The van der Waals surface area contributed by atoms with E-state index in [1.54, 1.807) is 6.07 Å². The fourth-order valence-corrected chi connectivity index (χ4v) is 2.59. The van der Waals surface area contributed by atoms with Crippen molar-refractivity contribution in [1.82, 2.24) is 0 Å². The number of anilines is 1. The van der Waals surface area contributed by atoms with Crippen LogP contribution in [0.1, 0.15) is 6.92 Å². The van der Waals surface area contributed by atoms with Gasteiger partial charge in [-0.3, -0.25) is 4.79 Å². The molecule has 22 heavy (non-hydrogen) atoms. The molecule has 0 heterocycles. The molecular weight excluding hydrogens is 316 g/mol. The van der Waals surface area contributed by atoms with Gasteiger partial charge >= 0.3 is 10.1 Å². The van der Waals surface area contributed by atoms with Crippen molar-refractivity contribution in [3.63, 3.8) is 0 Å². The number of benzene rings is 2. The summed E-state index contributed by atoms with van der Waals surface area (Å²) in [7, 11) is -4.37. The van der Waals surface area contributed by atoms with Crippen molar-refractivity contribution in [3.05, 3.63) is 54.1 Å². The molecule has 1 N–H and O–H groups in total. The second kappa shape index (κ2) is 6.10. The summed E-state index contributed by atoms with van der Waals surface area (Å²) >= 11 is 0. The third-order valence-electron chi connectivity index (χ3n) is 2.58. The summed E-state index contributed by atoms with van der Waals surface area (Å²) < 4.78 is 55.1. The standard InChI is InChI=1S/C14H11F2NO4S/c1-9(18)17-13-4-2-3-5-14(13)21-22(19,20)10-6-7-11(15)12(16)8-10/h2-8H,1H3,(H,17,18). The molecule has 0 aromatic heterocycles. The first-order valence-corrected chi connectivity index (χ1v) is 7.46. The Morgan fingerprint density at radius 1 is 1.09 bits per heavy atom. The summed E-state index contributed by atoms with van der Waals surface area (Å²) in [6, 6.07) is 7.93. The van der Waals surface area contributed by atoms with E-state index in [4.69, 9.17) is 4.18 Å². The zero-order valence-electron chi connectivity index (χ0n) is 11.3. The molecule has 0 aliphatic carbocycles. The predicted octanol–water partition coefficient (Wildman–Crippen LogP) is 2.69. The zero-order valence-corrected chi connectivity index (χ0v) is 12.2. The molecule has 0 bridgehead atoms. The van der Waals surface area contributed by atoms with E-state index in [0.717, 1.165) is 6.07 Å². The molecule has 116 valence electrons. The molecule has 0 fully saturated rings. The highest BCUT2D eigenvalue weighted by atomic mass is 32.2. The van der Waals surface area contributed by atoms with E-state index in [0.29, 0.717) is 12.1 Å². The maximum absolute atomic E-state index is 13.1. The highest BCUT2D eigenvalue weighted by Crippen LogP contribution is 2.27. The third kappa shape index (κ3) is 3.59. The molecule has 0 spiro atoms. The lowest BCUT2D eigenvalue weighted by molar-refractivity contribution is -0.114. The number of carbonyl (C=O) groups excluding carboxylic acids is 1. The van der Waals surface area contributed by atoms with Crippen molar-refractivity contribution < 1.29 is 26.2 Å². The second-order valence-corrected chi connectivity index (χ2v) is 5.84. The van der Waals surface area contributed by atoms with Crippen molar-refractivity contribution >= 4 is 21.7 Å². The van der Waals surface area contributed by atoms with Crippen molar-refractivity contribution in [2.45, 2.75) is 11.8 Å². The number of hydrogen-bond acceptors (Lipinski definition) is 4. The molecule has 0 radical (unpaired) electrons. The summed E-state index contributed by atoms with van der Waals surface area (Å²) in [4.78, 5) is 10.5. The molecule has 2 aromatic rings. The Morgan fingerprint density at radius 3 is 2.41 bits per heavy atom. The first-order chi connectivity index (χ1) is 10.3. The molecule has 2 rings (SSSR count). The van der Waals surface area contributed by atoms with Gasteiger partial charge in [0, 0.05) is 6.92 Å². The Balaban J connectivity index is 2.36. The van der Waals surface area contributed by atoms with E-state index in [1.165, 1.54) is 25.1 Å². The monoisotopic (exact) mass is 327 g/mol. The Morgan fingerprint density at radius 2 is 1.77 bits per heavy atom. The summed E-state index contributed by atoms with van der Waals surface area (Å²) in [5, 5.41) is 2.41. The number of hydrogen-bond donors (Lipinski definition) is 1. The van der Waals surface area contributed by atoms with Crippen LogP contribution in [-0.2, 0) is 14.9 Å². The van der Waals surface area contributed by atoms with Crippen molar-refractivity contribution in [2.75, 3.05) is 5.32 Å². The molecule has 0 atom stereocenters. The number of para-hydroxylation sites is 2. The van der Waals surface area contributed by atoms with Gasteiger partial charge in [0.1, 0.15) is 4.90 Å². The predicted molar refractivity (Wildman–Crippen MR) is 74.9 cm³/mol. The number of nitrogens with one attached hydrogen (secondary N) is 1. The average molecular weight is 327 g/mol. The average Bonchev–Trinajstić information content (AvgIpc) is 2.43. The van der Waals surface area contributed by atoms with E-state index in [-0.39, 0.29) is 11.4 Å². The van der Waals surface area contributed by atoms with Crippen LogP contribution in [0.3, 0.4) is 0 Å². The molecule has 1 amide bonds. The summed E-state index contributed by atoms with van der Waals surface area (Å²) in [6.45, 7) is 1.25. The smallest absolute Gasteiger partial charge is 0.339 e. The summed E-state index contributed by atoms with van der Waals surface area (Å²) in [5.41, 5.74) is 0.140. The van der Waals surface area contributed by atoms with E-state index in [2.05, 4.69) is 5.32 Å². The molecule has 0 aliphatic rings. The van der Waals surface area contributed by atoms with Gasteiger partial charge in [0.05, 0.1) is 5.69 Å². The van der Waals surface area contributed by atoms with Gasteiger partial charge in [0.25, 0.3) is 0 Å². The first-order valence-electron chi connectivity index (χ1n) is 6.06. The van der Waals surface area contributed by atoms with Gasteiger partial charge in [-0.15, -0.1) is 0 Å². The van der Waals surface area contributed by atoms with Crippen LogP contribution >= 0.6 is 0 Å². The minimum Gasteiger partial charge on any atom is -0.377 e. The van der Waals surface area contributed by atoms with Crippen LogP contribution in [0, 0.1) is 11.6 Å².